The van der Waals surface area contributed by atoms with Crippen molar-refractivity contribution in [1.82, 2.24) is 15.0 Å². The smallest absolute Gasteiger partial charge is 0.229 e. The van der Waals surface area contributed by atoms with Gasteiger partial charge in [-0.2, -0.15) is 0 Å². The second-order valence-electron chi connectivity index (χ2n) is 8.73. The average Bonchev–Trinajstić information content (AvgIpc) is 3.57. The lowest BCUT2D eigenvalue weighted by Gasteiger charge is -2.30. The number of pyridine rings is 3. The van der Waals surface area contributed by atoms with E-state index in [1.54, 1.807) is 24.7 Å². The van der Waals surface area contributed by atoms with Crippen LogP contribution in [-0.2, 0) is 16.0 Å². The van der Waals surface area contributed by atoms with Crippen molar-refractivity contribution in [3.8, 4) is 11.3 Å². The first-order chi connectivity index (χ1) is 15.4. The Morgan fingerprint density at radius 3 is 2.75 bits per heavy atom. The summed E-state index contributed by atoms with van der Waals surface area (Å²) in [6, 6.07) is 5.66. The van der Waals surface area contributed by atoms with Gasteiger partial charge in [0.05, 0.1) is 11.8 Å². The van der Waals surface area contributed by atoms with Crippen LogP contribution < -0.4 is 11.1 Å². The number of anilines is 2. The van der Waals surface area contributed by atoms with Gasteiger partial charge in [0.2, 0.25) is 5.91 Å². The van der Waals surface area contributed by atoms with Gasteiger partial charge in [0, 0.05) is 47.3 Å². The molecule has 2 aliphatic rings. The second-order valence-corrected chi connectivity index (χ2v) is 8.73. The minimum atomic E-state index is -0.372. The first-order valence-electron chi connectivity index (χ1n) is 11.0. The van der Waals surface area contributed by atoms with Crippen LogP contribution in [-0.4, -0.2) is 37.9 Å². The molecule has 0 aliphatic heterocycles. The fourth-order valence-corrected chi connectivity index (χ4v) is 4.48. The zero-order valence-corrected chi connectivity index (χ0v) is 17.8. The van der Waals surface area contributed by atoms with E-state index < -0.39 is 0 Å². The largest absolute Gasteiger partial charge is 0.393 e. The highest BCUT2D eigenvalue weighted by Crippen LogP contribution is 2.45. The summed E-state index contributed by atoms with van der Waals surface area (Å²) >= 11 is 0. The summed E-state index contributed by atoms with van der Waals surface area (Å²) in [5.41, 5.74) is 8.96. The molecule has 2 fully saturated rings. The number of ketones is 1. The lowest BCUT2D eigenvalue weighted by atomic mass is 9.78. The molecule has 2 atom stereocenters. The summed E-state index contributed by atoms with van der Waals surface area (Å²) < 4.78 is 0. The van der Waals surface area contributed by atoms with Gasteiger partial charge in [0.1, 0.15) is 17.4 Å². The Kier molecular flexibility index (Phi) is 5.09. The van der Waals surface area contributed by atoms with E-state index in [4.69, 9.17) is 5.73 Å². The molecular weight excluding hydrogens is 406 g/mol. The molecule has 4 N–H and O–H groups in total. The number of amides is 1. The van der Waals surface area contributed by atoms with Crippen molar-refractivity contribution in [2.75, 3.05) is 11.1 Å². The molecule has 8 nitrogen and oxygen atoms in total. The van der Waals surface area contributed by atoms with Crippen LogP contribution >= 0.6 is 0 Å². The van der Waals surface area contributed by atoms with Gasteiger partial charge in [-0.3, -0.25) is 14.6 Å². The molecular formula is C24H25N5O3. The fourth-order valence-electron chi connectivity index (χ4n) is 4.48. The topological polar surface area (TPSA) is 131 Å². The first kappa shape index (κ1) is 20.5. The van der Waals surface area contributed by atoms with Crippen LogP contribution in [0.25, 0.3) is 22.0 Å². The Morgan fingerprint density at radius 2 is 2.00 bits per heavy atom. The van der Waals surface area contributed by atoms with E-state index in [-0.39, 0.29) is 35.5 Å². The number of nitrogens with zero attached hydrogens (tertiary/aromatic N) is 3. The lowest BCUT2D eigenvalue weighted by Crippen LogP contribution is -2.35. The third kappa shape index (κ3) is 3.71. The van der Waals surface area contributed by atoms with Gasteiger partial charge in [-0.25, -0.2) is 9.97 Å². The molecule has 0 spiro atoms. The summed E-state index contributed by atoms with van der Waals surface area (Å²) in [6.45, 7) is 2.07. The van der Waals surface area contributed by atoms with Crippen molar-refractivity contribution in [3.63, 3.8) is 0 Å². The maximum absolute atomic E-state index is 12.7. The number of carbonyl (C=O) groups excluding carboxylic acids is 2. The van der Waals surface area contributed by atoms with Crippen molar-refractivity contribution in [2.45, 2.75) is 38.7 Å². The second kappa shape index (κ2) is 7.94. The summed E-state index contributed by atoms with van der Waals surface area (Å²) in [5, 5.41) is 13.8. The van der Waals surface area contributed by atoms with E-state index in [0.29, 0.717) is 36.3 Å². The zero-order valence-electron chi connectivity index (χ0n) is 17.8. The van der Waals surface area contributed by atoms with E-state index in [2.05, 4.69) is 27.2 Å². The van der Waals surface area contributed by atoms with E-state index in [9.17, 15) is 14.7 Å². The monoisotopic (exact) mass is 431 g/mol. The summed E-state index contributed by atoms with van der Waals surface area (Å²) in [7, 11) is 0. The third-order valence-corrected chi connectivity index (χ3v) is 6.57. The molecule has 0 bridgehead atoms. The van der Waals surface area contributed by atoms with Crippen LogP contribution in [0, 0.1) is 17.8 Å². The number of hydrogen-bond donors (Lipinski definition) is 3. The molecule has 1 amide bonds. The van der Waals surface area contributed by atoms with Crippen molar-refractivity contribution in [1.29, 1.82) is 0 Å². The minimum Gasteiger partial charge on any atom is -0.393 e. The number of aliphatic hydroxyl groups is 1. The summed E-state index contributed by atoms with van der Waals surface area (Å²) in [4.78, 5) is 38.1. The van der Waals surface area contributed by atoms with Gasteiger partial charge in [-0.1, -0.05) is 6.92 Å². The van der Waals surface area contributed by atoms with Crippen LogP contribution in [0.1, 0.15) is 31.7 Å². The van der Waals surface area contributed by atoms with E-state index in [0.717, 1.165) is 28.6 Å². The number of Topliss-reactive ketones (excluding diaryl/α,β-unsaturated/α-hetero) is 1. The quantitative estimate of drug-likeness (QED) is 0.547. The fraction of sp³-hybridized carbons (Fsp3) is 0.375. The number of nitrogens with two attached hydrogens (primary N) is 1. The van der Waals surface area contributed by atoms with Crippen LogP contribution in [0.2, 0.25) is 0 Å². The molecule has 2 saturated carbocycles. The molecule has 3 heterocycles. The van der Waals surface area contributed by atoms with Crippen molar-refractivity contribution in [3.05, 3.63) is 42.4 Å². The minimum absolute atomic E-state index is 0.0963. The Morgan fingerprint density at radius 1 is 1.19 bits per heavy atom. The first-order valence-corrected chi connectivity index (χ1v) is 11.0. The number of carbonyl (C=O) groups is 2. The summed E-state index contributed by atoms with van der Waals surface area (Å²) in [6.07, 6.45) is 7.21. The normalized spacial score (nSPS) is 24.1. The van der Waals surface area contributed by atoms with Crippen LogP contribution in [0.4, 0.5) is 11.6 Å². The van der Waals surface area contributed by atoms with E-state index in [1.165, 1.54) is 0 Å². The molecule has 32 heavy (non-hydrogen) atoms. The predicted molar refractivity (Wildman–Crippen MR) is 121 cm³/mol. The molecule has 0 unspecified atom stereocenters. The Bertz CT molecular complexity index is 1220. The molecule has 164 valence electrons. The molecule has 8 heteroatoms. The standard InChI is InChI=1S/C24H25N5O3/c1-2-12-3-4-26-10-18(12)20-7-13-8-21(27-11-19(13)23(25)28-20)29-24(32)17-9-16(17)22(31)14-5-15(30)6-14/h3-4,7-8,10-11,14-17,30H,2,5-6,9H2,1H3,(H2,25,28)(H,27,29,32)/t14?,15?,16-,17-/m0/s1. The van der Waals surface area contributed by atoms with E-state index in [1.807, 2.05) is 12.1 Å². The Labute approximate surface area is 185 Å². The SMILES string of the molecule is CCc1ccncc1-c1cc2cc(NC(=O)[C@H]3C[C@@H]3C(=O)C3CC(O)C3)ncc2c(N)n1. The number of fused-ring (bicyclic) bond motifs is 1. The number of nitrogen functional groups attached to an aromatic ring is 1. The highest BCUT2D eigenvalue weighted by molar-refractivity contribution is 6.02. The molecule has 0 radical (unpaired) electrons. The molecule has 3 aromatic heterocycles. The van der Waals surface area contributed by atoms with Gasteiger partial charge in [0.25, 0.3) is 0 Å². The third-order valence-electron chi connectivity index (χ3n) is 6.57. The maximum atomic E-state index is 12.7. The molecule has 2 aliphatic carbocycles. The molecule has 0 saturated heterocycles. The van der Waals surface area contributed by atoms with Crippen molar-refractivity contribution < 1.29 is 14.7 Å². The van der Waals surface area contributed by atoms with Crippen LogP contribution in [0.3, 0.4) is 0 Å². The molecule has 0 aromatic carbocycles. The maximum Gasteiger partial charge on any atom is 0.229 e. The zero-order chi connectivity index (χ0) is 22.4. The predicted octanol–water partition coefficient (Wildman–Crippen LogP) is 2.75. The van der Waals surface area contributed by atoms with Crippen LogP contribution in [0.15, 0.2) is 36.8 Å². The van der Waals surface area contributed by atoms with Gasteiger partial charge < -0.3 is 16.2 Å². The van der Waals surface area contributed by atoms with E-state index >= 15 is 0 Å². The Hall–Kier alpha value is -3.39. The Balaban J connectivity index is 1.35. The number of nitrogens with one attached hydrogen (secondary N) is 1. The highest BCUT2D eigenvalue weighted by Gasteiger charge is 2.51. The number of rotatable bonds is 6. The van der Waals surface area contributed by atoms with Gasteiger partial charge in [-0.05, 0) is 54.8 Å². The average molecular weight is 431 g/mol. The number of aliphatic hydroxyl groups excluding tert-OH is 1. The highest BCUT2D eigenvalue weighted by atomic mass is 16.3. The summed E-state index contributed by atoms with van der Waals surface area (Å²) in [5.74, 6) is 0.0330. The van der Waals surface area contributed by atoms with Gasteiger partial charge >= 0.3 is 0 Å². The molecule has 5 rings (SSSR count). The van der Waals surface area contributed by atoms with Crippen LogP contribution in [0.5, 0.6) is 0 Å². The number of aromatic nitrogens is 3. The number of aryl methyl sites for hydroxylation is 1. The van der Waals surface area contributed by atoms with Gasteiger partial charge in [0.15, 0.2) is 0 Å². The number of hydrogen-bond acceptors (Lipinski definition) is 7. The van der Waals surface area contributed by atoms with Gasteiger partial charge in [-0.15, -0.1) is 0 Å². The molecule has 3 aromatic rings. The van der Waals surface area contributed by atoms with Crippen molar-refractivity contribution >= 4 is 34.1 Å². The van der Waals surface area contributed by atoms with Crippen molar-refractivity contribution in [2.24, 2.45) is 17.8 Å². The lowest BCUT2D eigenvalue weighted by molar-refractivity contribution is -0.132.